The van der Waals surface area contributed by atoms with Crippen LogP contribution in [0.15, 0.2) is 61.1 Å². The summed E-state index contributed by atoms with van der Waals surface area (Å²) >= 11 is 0. The Labute approximate surface area is 180 Å². The van der Waals surface area contributed by atoms with E-state index in [1.54, 1.807) is 18.5 Å². The number of aldehydes is 1. The van der Waals surface area contributed by atoms with E-state index in [1.165, 1.54) is 6.20 Å². The molecule has 0 saturated carbocycles. The van der Waals surface area contributed by atoms with Gasteiger partial charge < -0.3 is 20.9 Å². The summed E-state index contributed by atoms with van der Waals surface area (Å²) in [6, 6.07) is 13.0. The molecule has 2 amide bonds. The van der Waals surface area contributed by atoms with Crippen LogP contribution in [0.1, 0.15) is 28.8 Å². The van der Waals surface area contributed by atoms with Gasteiger partial charge in [0, 0.05) is 55.7 Å². The monoisotopic (exact) mass is 416 g/mol. The zero-order chi connectivity index (χ0) is 21.5. The van der Waals surface area contributed by atoms with Gasteiger partial charge in [-0.2, -0.15) is 0 Å². The number of carbonyl (C=O) groups is 2. The molecule has 0 unspecified atom stereocenters. The van der Waals surface area contributed by atoms with Crippen molar-refractivity contribution in [1.82, 2.24) is 14.9 Å². The highest BCUT2D eigenvalue weighted by Crippen LogP contribution is 2.23. The van der Waals surface area contributed by atoms with Crippen molar-refractivity contribution in [3.8, 4) is 0 Å². The lowest BCUT2D eigenvalue weighted by Gasteiger charge is -2.17. The molecule has 1 saturated heterocycles. The second-order valence-corrected chi connectivity index (χ2v) is 7.32. The molecular weight excluding hydrogens is 392 g/mol. The van der Waals surface area contributed by atoms with Gasteiger partial charge in [0.25, 0.3) is 0 Å². The molecule has 0 radical (unpaired) electrons. The number of anilines is 4. The van der Waals surface area contributed by atoms with Crippen LogP contribution in [0, 0.1) is 0 Å². The first-order valence-corrected chi connectivity index (χ1v) is 10.2. The molecule has 3 aromatic rings. The summed E-state index contributed by atoms with van der Waals surface area (Å²) in [7, 11) is 0. The number of likely N-dealkylation sites (tertiary alicyclic amines) is 1. The van der Waals surface area contributed by atoms with Crippen LogP contribution in [-0.4, -0.2) is 40.3 Å². The van der Waals surface area contributed by atoms with E-state index in [-0.39, 0.29) is 6.03 Å². The minimum atomic E-state index is -0.0787. The molecule has 0 bridgehead atoms. The molecular formula is C23H24N6O2. The average molecular weight is 416 g/mol. The van der Waals surface area contributed by atoms with E-state index in [9.17, 15) is 9.59 Å². The Bertz CT molecular complexity index is 1050. The molecule has 0 spiro atoms. The topological polar surface area (TPSA) is 99.2 Å². The number of carbonyl (C=O) groups excluding carboxylic acids is 2. The van der Waals surface area contributed by atoms with E-state index in [2.05, 4.69) is 25.9 Å². The Hall–Kier alpha value is -3.94. The second kappa shape index (κ2) is 9.71. The Kier molecular flexibility index (Phi) is 6.37. The van der Waals surface area contributed by atoms with Crippen molar-refractivity contribution < 1.29 is 9.59 Å². The van der Waals surface area contributed by atoms with Crippen molar-refractivity contribution in [3.05, 3.63) is 72.2 Å². The Morgan fingerprint density at radius 2 is 1.90 bits per heavy atom. The lowest BCUT2D eigenvalue weighted by atomic mass is 10.2. The molecule has 158 valence electrons. The molecule has 4 rings (SSSR count). The van der Waals surface area contributed by atoms with Gasteiger partial charge in [-0.15, -0.1) is 0 Å². The third-order valence-electron chi connectivity index (χ3n) is 5.05. The second-order valence-electron chi connectivity index (χ2n) is 7.32. The molecule has 1 aromatic carbocycles. The summed E-state index contributed by atoms with van der Waals surface area (Å²) in [4.78, 5) is 34.0. The highest BCUT2D eigenvalue weighted by atomic mass is 16.2. The molecule has 31 heavy (non-hydrogen) atoms. The van der Waals surface area contributed by atoms with Crippen LogP contribution in [0.4, 0.5) is 27.7 Å². The molecule has 1 aliphatic heterocycles. The predicted octanol–water partition coefficient (Wildman–Crippen LogP) is 4.27. The summed E-state index contributed by atoms with van der Waals surface area (Å²) in [5, 5.41) is 9.43. The summed E-state index contributed by atoms with van der Waals surface area (Å²) < 4.78 is 0. The summed E-state index contributed by atoms with van der Waals surface area (Å²) in [6.07, 6.45) is 7.90. The highest BCUT2D eigenvalue weighted by Gasteiger charge is 2.17. The number of urea groups is 1. The molecule has 8 heteroatoms. The van der Waals surface area contributed by atoms with Crippen molar-refractivity contribution in [3.63, 3.8) is 0 Å². The predicted molar refractivity (Wildman–Crippen MR) is 121 cm³/mol. The normalized spacial score (nSPS) is 13.0. The lowest BCUT2D eigenvalue weighted by molar-refractivity contribution is 0.112. The molecule has 2 aromatic heterocycles. The zero-order valence-corrected chi connectivity index (χ0v) is 17.0. The summed E-state index contributed by atoms with van der Waals surface area (Å²) in [5.74, 6) is 0.585. The minimum Gasteiger partial charge on any atom is -0.380 e. The number of nitrogens with zero attached hydrogens (tertiary/aromatic N) is 3. The first kappa shape index (κ1) is 20.3. The smallest absolute Gasteiger partial charge is 0.321 e. The number of benzene rings is 1. The van der Waals surface area contributed by atoms with Gasteiger partial charge in [0.15, 0.2) is 6.29 Å². The van der Waals surface area contributed by atoms with Crippen molar-refractivity contribution in [2.75, 3.05) is 29.0 Å². The molecule has 1 aliphatic rings. The maximum Gasteiger partial charge on any atom is 0.321 e. The quantitative estimate of drug-likeness (QED) is 0.498. The average Bonchev–Trinajstić information content (AvgIpc) is 3.34. The number of rotatable bonds is 7. The SMILES string of the molecule is O=Cc1cnc(Nc2cccc(NC(=O)N3CCCC3)c2)cc1NCc1cccnc1. The van der Waals surface area contributed by atoms with Gasteiger partial charge in [-0.05, 0) is 42.7 Å². The van der Waals surface area contributed by atoms with Crippen LogP contribution in [-0.2, 0) is 6.54 Å². The maximum atomic E-state index is 12.3. The molecule has 3 N–H and O–H groups in total. The van der Waals surface area contributed by atoms with Crippen LogP contribution >= 0.6 is 0 Å². The Balaban J connectivity index is 1.44. The van der Waals surface area contributed by atoms with E-state index in [4.69, 9.17) is 0 Å². The Morgan fingerprint density at radius 3 is 2.68 bits per heavy atom. The third-order valence-corrected chi connectivity index (χ3v) is 5.05. The van der Waals surface area contributed by atoms with Crippen LogP contribution in [0.5, 0.6) is 0 Å². The lowest BCUT2D eigenvalue weighted by Crippen LogP contribution is -2.32. The fourth-order valence-electron chi connectivity index (χ4n) is 3.43. The number of nitrogens with one attached hydrogen (secondary N) is 3. The maximum absolute atomic E-state index is 12.3. The first-order chi connectivity index (χ1) is 15.2. The van der Waals surface area contributed by atoms with E-state index >= 15 is 0 Å². The van der Waals surface area contributed by atoms with Crippen molar-refractivity contribution >= 4 is 35.2 Å². The fourth-order valence-corrected chi connectivity index (χ4v) is 3.43. The molecule has 8 nitrogen and oxygen atoms in total. The van der Waals surface area contributed by atoms with Gasteiger partial charge in [0.2, 0.25) is 0 Å². The standard InChI is InChI=1S/C23H24N6O2/c30-16-18-15-26-22(12-21(18)25-14-17-5-4-8-24-13-17)27-19-6-3-7-20(11-19)28-23(31)29-9-1-2-10-29/h3-8,11-13,15-16H,1-2,9-10,14H2,(H,28,31)(H2,25,26,27). The van der Waals surface area contributed by atoms with Gasteiger partial charge in [0.05, 0.1) is 11.3 Å². The minimum absolute atomic E-state index is 0.0787. The number of hydrogen-bond acceptors (Lipinski definition) is 6. The molecule has 0 aliphatic carbocycles. The molecule has 3 heterocycles. The van der Waals surface area contributed by atoms with Gasteiger partial charge in [-0.25, -0.2) is 9.78 Å². The number of hydrogen-bond donors (Lipinski definition) is 3. The van der Waals surface area contributed by atoms with Gasteiger partial charge in [-0.3, -0.25) is 9.78 Å². The van der Waals surface area contributed by atoms with Gasteiger partial charge in [0.1, 0.15) is 5.82 Å². The number of aromatic nitrogens is 2. The largest absolute Gasteiger partial charge is 0.380 e. The molecule has 0 atom stereocenters. The fraction of sp³-hybridized carbons (Fsp3) is 0.217. The van der Waals surface area contributed by atoms with Crippen molar-refractivity contribution in [1.29, 1.82) is 0 Å². The van der Waals surface area contributed by atoms with E-state index in [0.29, 0.717) is 29.3 Å². The van der Waals surface area contributed by atoms with Gasteiger partial charge in [-0.1, -0.05) is 12.1 Å². The molecule has 1 fully saturated rings. The zero-order valence-electron chi connectivity index (χ0n) is 17.0. The van der Waals surface area contributed by atoms with E-state index < -0.39 is 0 Å². The van der Waals surface area contributed by atoms with Crippen LogP contribution in [0.25, 0.3) is 0 Å². The van der Waals surface area contributed by atoms with Crippen LogP contribution in [0.3, 0.4) is 0 Å². The van der Waals surface area contributed by atoms with Crippen molar-refractivity contribution in [2.45, 2.75) is 19.4 Å². The van der Waals surface area contributed by atoms with E-state index in [1.807, 2.05) is 41.3 Å². The third kappa shape index (κ3) is 5.36. The summed E-state index contributed by atoms with van der Waals surface area (Å²) in [6.45, 7) is 2.13. The number of pyridine rings is 2. The number of amides is 2. The van der Waals surface area contributed by atoms with Crippen LogP contribution < -0.4 is 16.0 Å². The first-order valence-electron chi connectivity index (χ1n) is 10.2. The van der Waals surface area contributed by atoms with E-state index in [0.717, 1.165) is 43.5 Å². The van der Waals surface area contributed by atoms with Crippen LogP contribution in [0.2, 0.25) is 0 Å². The van der Waals surface area contributed by atoms with Gasteiger partial charge >= 0.3 is 6.03 Å². The summed E-state index contributed by atoms with van der Waals surface area (Å²) in [5.41, 5.74) is 3.65. The van der Waals surface area contributed by atoms with Crippen molar-refractivity contribution in [2.24, 2.45) is 0 Å². The Morgan fingerprint density at radius 1 is 1.06 bits per heavy atom. The highest BCUT2D eigenvalue weighted by molar-refractivity contribution is 5.90.